The van der Waals surface area contributed by atoms with E-state index in [1.165, 1.54) is 12.1 Å². The van der Waals surface area contributed by atoms with E-state index in [0.29, 0.717) is 11.3 Å². The normalized spacial score (nSPS) is 17.3. The van der Waals surface area contributed by atoms with Crippen LogP contribution in [0.5, 0.6) is 5.75 Å². The Morgan fingerprint density at radius 1 is 0.909 bits per heavy atom. The number of benzene rings is 4. The van der Waals surface area contributed by atoms with Gasteiger partial charge in [0.2, 0.25) is 5.91 Å². The fraction of sp³-hybridized carbons (Fsp3) is 0.306. The quantitative estimate of drug-likeness (QED) is 0.203. The van der Waals surface area contributed by atoms with Crippen LogP contribution in [-0.2, 0) is 20.7 Å². The van der Waals surface area contributed by atoms with Crippen LogP contribution in [0.4, 0.5) is 10.5 Å². The Morgan fingerprint density at radius 2 is 1.55 bits per heavy atom. The van der Waals surface area contributed by atoms with E-state index in [-0.39, 0.29) is 35.9 Å². The Bertz CT molecular complexity index is 1630. The largest absolute Gasteiger partial charge is 0.508 e. The number of hydrogen-bond donors (Lipinski definition) is 3. The van der Waals surface area contributed by atoms with Gasteiger partial charge in [0, 0.05) is 18.2 Å². The number of phenols is 1. The predicted molar refractivity (Wildman–Crippen MR) is 171 cm³/mol. The van der Waals surface area contributed by atoms with Crippen molar-refractivity contribution in [2.45, 2.75) is 64.3 Å². The van der Waals surface area contributed by atoms with Crippen LogP contribution in [0.3, 0.4) is 0 Å². The van der Waals surface area contributed by atoms with Crippen molar-refractivity contribution < 1.29 is 24.2 Å². The number of ether oxygens (including phenoxy) is 1. The van der Waals surface area contributed by atoms with Gasteiger partial charge in [-0.25, -0.2) is 4.79 Å². The lowest BCUT2D eigenvalue weighted by molar-refractivity contribution is -0.141. The molecule has 1 fully saturated rings. The number of nitrogens with zero attached hydrogens (tertiary/aromatic N) is 1. The van der Waals surface area contributed by atoms with E-state index < -0.39 is 23.8 Å². The number of fused-ring (bicyclic) bond motifs is 1. The predicted octanol–water partition coefficient (Wildman–Crippen LogP) is 6.60. The van der Waals surface area contributed by atoms with Crippen molar-refractivity contribution >= 4 is 34.4 Å². The summed E-state index contributed by atoms with van der Waals surface area (Å²) in [6.45, 7) is 7.31. The van der Waals surface area contributed by atoms with Gasteiger partial charge in [0.1, 0.15) is 23.4 Å². The van der Waals surface area contributed by atoms with Gasteiger partial charge in [-0.15, -0.1) is 0 Å². The molecule has 0 saturated heterocycles. The number of nitrogens with one attached hydrogen (secondary N) is 2. The summed E-state index contributed by atoms with van der Waals surface area (Å²) in [5, 5.41) is 17.7. The third-order valence-electron chi connectivity index (χ3n) is 7.70. The molecule has 0 radical (unpaired) electrons. The van der Waals surface area contributed by atoms with Gasteiger partial charge in [-0.1, -0.05) is 79.7 Å². The summed E-state index contributed by atoms with van der Waals surface area (Å²) >= 11 is 0. The van der Waals surface area contributed by atoms with Crippen molar-refractivity contribution in [3.05, 3.63) is 108 Å². The molecule has 1 aliphatic carbocycles. The van der Waals surface area contributed by atoms with Crippen molar-refractivity contribution in [3.63, 3.8) is 0 Å². The second-order valence-electron chi connectivity index (χ2n) is 12.5. The van der Waals surface area contributed by atoms with E-state index in [1.54, 1.807) is 37.8 Å². The lowest BCUT2D eigenvalue weighted by atomic mass is 9.99. The number of carbonyl (C=O) groups excluding carboxylic acids is 3. The van der Waals surface area contributed by atoms with Crippen LogP contribution in [0.2, 0.25) is 0 Å². The highest BCUT2D eigenvalue weighted by Gasteiger charge is 2.48. The maximum atomic E-state index is 14.6. The maximum Gasteiger partial charge on any atom is 0.408 e. The molecule has 3 N–H and O–H groups in total. The fourth-order valence-corrected chi connectivity index (χ4v) is 5.42. The molecule has 1 saturated carbocycles. The minimum Gasteiger partial charge on any atom is -0.508 e. The van der Waals surface area contributed by atoms with Gasteiger partial charge in [-0.2, -0.15) is 0 Å². The molecule has 228 valence electrons. The zero-order chi connectivity index (χ0) is 31.4. The van der Waals surface area contributed by atoms with Crippen LogP contribution in [0, 0.1) is 5.92 Å². The Hall–Kier alpha value is -4.85. The highest BCUT2D eigenvalue weighted by molar-refractivity contribution is 6.00. The Kier molecular flexibility index (Phi) is 8.90. The summed E-state index contributed by atoms with van der Waals surface area (Å²) in [4.78, 5) is 43.5. The molecule has 0 aliphatic heterocycles. The molecule has 4 aromatic carbocycles. The van der Waals surface area contributed by atoms with Crippen molar-refractivity contribution in [2.24, 2.45) is 5.92 Å². The number of carbonyl (C=O) groups is 3. The number of rotatable bonds is 9. The van der Waals surface area contributed by atoms with Crippen LogP contribution in [0.1, 0.15) is 51.3 Å². The summed E-state index contributed by atoms with van der Waals surface area (Å²) < 4.78 is 5.52. The zero-order valence-electron chi connectivity index (χ0n) is 25.5. The summed E-state index contributed by atoms with van der Waals surface area (Å²) in [7, 11) is 0. The first-order chi connectivity index (χ1) is 21.0. The van der Waals surface area contributed by atoms with Gasteiger partial charge in [0.25, 0.3) is 5.91 Å². The molecular weight excluding hydrogens is 554 g/mol. The molecule has 0 heterocycles. The molecule has 4 aromatic rings. The molecule has 44 heavy (non-hydrogen) atoms. The number of hydrogen-bond acceptors (Lipinski definition) is 5. The Labute approximate surface area is 258 Å². The van der Waals surface area contributed by atoms with Crippen LogP contribution in [-0.4, -0.2) is 45.6 Å². The molecule has 5 rings (SSSR count). The molecule has 1 aliphatic rings. The molecule has 8 heteroatoms. The zero-order valence-corrected chi connectivity index (χ0v) is 25.5. The van der Waals surface area contributed by atoms with Crippen LogP contribution in [0.15, 0.2) is 97.1 Å². The summed E-state index contributed by atoms with van der Waals surface area (Å²) in [5.41, 5.74) is 1.25. The second kappa shape index (κ2) is 12.8. The van der Waals surface area contributed by atoms with Gasteiger partial charge in [-0.05, 0) is 79.3 Å². The van der Waals surface area contributed by atoms with Crippen molar-refractivity contribution in [1.82, 2.24) is 10.2 Å². The SMILES string of the molecule is CC1CC1N(C(=O)C(Cc1ccc(O)cc1)NC(=O)OC(C)(C)C)C(C(=O)Nc1ccc2ccccc2c1)c1ccccc1. The molecule has 4 atom stereocenters. The number of alkyl carbamates (subject to hydrolysis) is 1. The topological polar surface area (TPSA) is 108 Å². The molecular formula is C36H39N3O5. The smallest absolute Gasteiger partial charge is 0.408 e. The van der Waals surface area contributed by atoms with E-state index >= 15 is 0 Å². The highest BCUT2D eigenvalue weighted by Crippen LogP contribution is 2.41. The second-order valence-corrected chi connectivity index (χ2v) is 12.5. The minimum atomic E-state index is -1.03. The minimum absolute atomic E-state index is 0.0969. The first kappa shape index (κ1) is 30.6. The van der Waals surface area contributed by atoms with E-state index in [1.807, 2.05) is 79.7 Å². The first-order valence-electron chi connectivity index (χ1n) is 14.9. The molecule has 4 unspecified atom stereocenters. The first-order valence-corrected chi connectivity index (χ1v) is 14.9. The van der Waals surface area contributed by atoms with Crippen LogP contribution in [0.25, 0.3) is 10.8 Å². The van der Waals surface area contributed by atoms with Gasteiger partial charge in [0.15, 0.2) is 0 Å². The average Bonchev–Trinajstić information content (AvgIpc) is 3.71. The molecule has 0 spiro atoms. The van der Waals surface area contributed by atoms with Crippen molar-refractivity contribution in [1.29, 1.82) is 0 Å². The summed E-state index contributed by atoms with van der Waals surface area (Å²) in [6.07, 6.45) is 0.149. The number of phenolic OH excluding ortho intramolecular Hbond substituents is 1. The van der Waals surface area contributed by atoms with Gasteiger partial charge >= 0.3 is 6.09 Å². The highest BCUT2D eigenvalue weighted by atomic mass is 16.6. The van der Waals surface area contributed by atoms with E-state index in [9.17, 15) is 19.5 Å². The lowest BCUT2D eigenvalue weighted by Crippen LogP contribution is -2.54. The van der Waals surface area contributed by atoms with Gasteiger partial charge in [0.05, 0.1) is 0 Å². The average molecular weight is 594 g/mol. The Morgan fingerprint density at radius 3 is 2.18 bits per heavy atom. The van der Waals surface area contributed by atoms with E-state index in [4.69, 9.17) is 4.74 Å². The third-order valence-corrected chi connectivity index (χ3v) is 7.70. The lowest BCUT2D eigenvalue weighted by Gasteiger charge is -2.35. The number of anilines is 1. The molecule has 3 amide bonds. The van der Waals surface area contributed by atoms with E-state index in [2.05, 4.69) is 10.6 Å². The van der Waals surface area contributed by atoms with Crippen LogP contribution >= 0.6 is 0 Å². The number of amides is 3. The third kappa shape index (κ3) is 7.56. The fourth-order valence-electron chi connectivity index (χ4n) is 5.42. The van der Waals surface area contributed by atoms with Crippen molar-refractivity contribution in [3.8, 4) is 5.75 Å². The summed E-state index contributed by atoms with van der Waals surface area (Å²) in [6, 6.07) is 27.2. The number of aromatic hydroxyl groups is 1. The van der Waals surface area contributed by atoms with E-state index in [0.717, 1.165) is 22.8 Å². The Balaban J connectivity index is 1.51. The molecule has 8 nitrogen and oxygen atoms in total. The van der Waals surface area contributed by atoms with Gasteiger partial charge < -0.3 is 25.4 Å². The van der Waals surface area contributed by atoms with Gasteiger partial charge in [-0.3, -0.25) is 9.59 Å². The van der Waals surface area contributed by atoms with Crippen molar-refractivity contribution in [2.75, 3.05) is 5.32 Å². The standard InChI is InChI=1S/C36H39N3O5/c1-23-20-31(23)39(34(42)30(38-35(43)44-36(2,3)4)21-24-14-18-29(40)19-15-24)32(26-11-6-5-7-12-26)33(41)37-28-17-16-25-10-8-9-13-27(25)22-28/h5-19,22-23,30-32,40H,20-21H2,1-4H3,(H,37,41)(H,38,43). The molecule has 0 aromatic heterocycles. The monoisotopic (exact) mass is 593 g/mol. The maximum absolute atomic E-state index is 14.6. The van der Waals surface area contributed by atoms with Crippen LogP contribution < -0.4 is 10.6 Å². The molecule has 0 bridgehead atoms. The summed E-state index contributed by atoms with van der Waals surface area (Å²) in [5.74, 6) is -0.463.